The number of rotatable bonds is 5. The Labute approximate surface area is 187 Å². The first kappa shape index (κ1) is 20.2. The van der Waals surface area contributed by atoms with Crippen molar-refractivity contribution in [3.63, 3.8) is 0 Å². The van der Waals surface area contributed by atoms with Crippen molar-refractivity contribution in [2.24, 2.45) is 0 Å². The van der Waals surface area contributed by atoms with Gasteiger partial charge in [0.05, 0.1) is 19.3 Å². The lowest BCUT2D eigenvalue weighted by atomic mass is 9.98. The molecule has 32 heavy (non-hydrogen) atoms. The molecule has 0 radical (unpaired) electrons. The summed E-state index contributed by atoms with van der Waals surface area (Å²) in [6, 6.07) is 21.0. The van der Waals surface area contributed by atoms with Gasteiger partial charge < -0.3 is 24.3 Å². The maximum absolute atomic E-state index is 13.2. The van der Waals surface area contributed by atoms with Gasteiger partial charge >= 0.3 is 0 Å². The number of nitrogens with one attached hydrogen (secondary N) is 1. The fourth-order valence-corrected chi connectivity index (χ4v) is 3.92. The van der Waals surface area contributed by atoms with Gasteiger partial charge in [-0.05, 0) is 47.9 Å². The molecular formula is C26H25NO5. The molecule has 1 amide bonds. The summed E-state index contributed by atoms with van der Waals surface area (Å²) in [7, 11) is 0. The lowest BCUT2D eigenvalue weighted by Crippen LogP contribution is -2.30. The van der Waals surface area contributed by atoms with Crippen LogP contribution in [0.1, 0.15) is 33.9 Å². The monoisotopic (exact) mass is 431 g/mol. The zero-order valence-corrected chi connectivity index (χ0v) is 17.7. The van der Waals surface area contributed by atoms with Crippen LogP contribution in [0.2, 0.25) is 0 Å². The highest BCUT2D eigenvalue weighted by Gasteiger charge is 2.21. The number of amides is 1. The van der Waals surface area contributed by atoms with Crippen molar-refractivity contribution in [3.05, 3.63) is 83.4 Å². The van der Waals surface area contributed by atoms with Crippen LogP contribution < -0.4 is 24.3 Å². The summed E-state index contributed by atoms with van der Waals surface area (Å²) in [5.41, 5.74) is 2.62. The van der Waals surface area contributed by atoms with Gasteiger partial charge in [-0.2, -0.15) is 0 Å². The molecule has 0 aliphatic carbocycles. The number of hydrogen-bond donors (Lipinski definition) is 1. The molecule has 5 rings (SSSR count). The van der Waals surface area contributed by atoms with Crippen LogP contribution >= 0.6 is 0 Å². The van der Waals surface area contributed by atoms with Crippen LogP contribution in [0.3, 0.4) is 0 Å². The van der Waals surface area contributed by atoms with E-state index in [9.17, 15) is 4.79 Å². The predicted octanol–water partition coefficient (Wildman–Crippen LogP) is 4.33. The van der Waals surface area contributed by atoms with Crippen LogP contribution in [-0.4, -0.2) is 32.3 Å². The molecule has 1 atom stereocenters. The summed E-state index contributed by atoms with van der Waals surface area (Å²) in [5, 5.41) is 3.20. The molecule has 2 heterocycles. The quantitative estimate of drug-likeness (QED) is 0.651. The number of carbonyl (C=O) groups excluding carboxylic acids is 1. The Morgan fingerprint density at radius 1 is 0.750 bits per heavy atom. The van der Waals surface area contributed by atoms with Gasteiger partial charge in [-0.15, -0.1) is 0 Å². The zero-order valence-electron chi connectivity index (χ0n) is 17.7. The summed E-state index contributed by atoms with van der Waals surface area (Å²) in [4.78, 5) is 13.2. The molecule has 0 spiro atoms. The Morgan fingerprint density at radius 2 is 1.41 bits per heavy atom. The van der Waals surface area contributed by atoms with Crippen molar-refractivity contribution in [3.8, 4) is 23.0 Å². The number of fused-ring (bicyclic) bond motifs is 2. The minimum absolute atomic E-state index is 0.171. The first-order valence-electron chi connectivity index (χ1n) is 10.9. The van der Waals surface area contributed by atoms with Crippen LogP contribution in [0, 0.1) is 0 Å². The van der Waals surface area contributed by atoms with E-state index in [-0.39, 0.29) is 11.9 Å². The molecule has 0 saturated heterocycles. The highest BCUT2D eigenvalue weighted by atomic mass is 16.6. The molecule has 0 fully saturated rings. The Hall–Kier alpha value is -3.67. The number of ether oxygens (including phenoxy) is 4. The smallest absolute Gasteiger partial charge is 0.251 e. The first-order chi connectivity index (χ1) is 15.8. The first-order valence-corrected chi connectivity index (χ1v) is 10.9. The highest BCUT2D eigenvalue weighted by molar-refractivity contribution is 5.95. The van der Waals surface area contributed by atoms with E-state index in [0.717, 1.165) is 23.3 Å². The van der Waals surface area contributed by atoms with Gasteiger partial charge in [0.15, 0.2) is 23.0 Å². The van der Waals surface area contributed by atoms with Crippen molar-refractivity contribution in [1.29, 1.82) is 0 Å². The van der Waals surface area contributed by atoms with Gasteiger partial charge in [-0.1, -0.05) is 36.4 Å². The summed E-state index contributed by atoms with van der Waals surface area (Å²) < 4.78 is 22.8. The molecule has 0 saturated carbocycles. The molecule has 3 aromatic rings. The van der Waals surface area contributed by atoms with E-state index >= 15 is 0 Å². The van der Waals surface area contributed by atoms with Crippen molar-refractivity contribution in [2.45, 2.75) is 18.9 Å². The molecule has 2 aliphatic heterocycles. The molecule has 6 nitrogen and oxygen atoms in total. The molecule has 6 heteroatoms. The third-order valence-corrected chi connectivity index (χ3v) is 5.57. The topological polar surface area (TPSA) is 66.0 Å². The molecule has 1 N–H and O–H groups in total. The fraction of sp³-hybridized carbons (Fsp3) is 0.269. The molecular weight excluding hydrogens is 406 g/mol. The Morgan fingerprint density at radius 3 is 2.22 bits per heavy atom. The molecule has 1 unspecified atom stereocenters. The van der Waals surface area contributed by atoms with E-state index < -0.39 is 0 Å². The highest BCUT2D eigenvalue weighted by Crippen LogP contribution is 2.34. The van der Waals surface area contributed by atoms with Crippen LogP contribution in [0.25, 0.3) is 0 Å². The summed E-state index contributed by atoms with van der Waals surface area (Å²) in [6.45, 7) is 2.25. The van der Waals surface area contributed by atoms with Crippen molar-refractivity contribution >= 4 is 5.91 Å². The Balaban J connectivity index is 1.42. The van der Waals surface area contributed by atoms with E-state index in [1.807, 2.05) is 36.4 Å². The van der Waals surface area contributed by atoms with Gasteiger partial charge in [-0.3, -0.25) is 4.79 Å². The molecule has 2 aliphatic rings. The second-order valence-electron chi connectivity index (χ2n) is 7.83. The maximum atomic E-state index is 13.2. The third kappa shape index (κ3) is 4.49. The second kappa shape index (κ2) is 9.22. The maximum Gasteiger partial charge on any atom is 0.251 e. The van der Waals surface area contributed by atoms with Crippen LogP contribution in [-0.2, 0) is 6.42 Å². The molecule has 3 aromatic carbocycles. The lowest BCUT2D eigenvalue weighted by Gasteiger charge is -2.22. The Kier molecular flexibility index (Phi) is 5.83. The minimum atomic E-state index is -0.241. The zero-order chi connectivity index (χ0) is 21.8. The lowest BCUT2D eigenvalue weighted by molar-refractivity contribution is 0.0935. The number of hydrogen-bond acceptors (Lipinski definition) is 5. The largest absolute Gasteiger partial charge is 0.490 e. The van der Waals surface area contributed by atoms with E-state index in [1.54, 1.807) is 18.2 Å². The van der Waals surface area contributed by atoms with Crippen molar-refractivity contribution in [1.82, 2.24) is 5.32 Å². The third-order valence-electron chi connectivity index (χ3n) is 5.57. The molecule has 0 aromatic heterocycles. The van der Waals surface area contributed by atoms with Crippen LogP contribution in [0.4, 0.5) is 0 Å². The summed E-state index contributed by atoms with van der Waals surface area (Å²) >= 11 is 0. The standard InChI is InChI=1S/C26H25NO5/c28-26(20-8-10-23-25(17-20)32-14-13-31-23)27-21(15-18-5-2-1-3-6-18)19-7-9-22-24(16-19)30-12-4-11-29-22/h1-3,5-10,16-17,21H,4,11-15H2,(H,27,28). The minimum Gasteiger partial charge on any atom is -0.490 e. The molecule has 164 valence electrons. The van der Waals surface area contributed by atoms with Gasteiger partial charge in [-0.25, -0.2) is 0 Å². The number of carbonyl (C=O) groups is 1. The van der Waals surface area contributed by atoms with E-state index in [2.05, 4.69) is 17.4 Å². The average Bonchev–Trinajstić information content (AvgIpc) is 3.09. The number of benzene rings is 3. The SMILES string of the molecule is O=C(NC(Cc1ccccc1)c1ccc2c(c1)OCCCO2)c1ccc2c(c1)OCCO2. The van der Waals surface area contributed by atoms with Crippen LogP contribution in [0.15, 0.2) is 66.7 Å². The normalized spacial score (nSPS) is 15.4. The van der Waals surface area contributed by atoms with Gasteiger partial charge in [0, 0.05) is 12.0 Å². The summed E-state index contributed by atoms with van der Waals surface area (Å²) in [6.07, 6.45) is 1.50. The van der Waals surface area contributed by atoms with E-state index in [0.29, 0.717) is 55.7 Å². The van der Waals surface area contributed by atoms with Gasteiger partial charge in [0.25, 0.3) is 5.91 Å². The van der Waals surface area contributed by atoms with Gasteiger partial charge in [0.2, 0.25) is 0 Å². The van der Waals surface area contributed by atoms with Crippen molar-refractivity contribution < 1.29 is 23.7 Å². The van der Waals surface area contributed by atoms with Gasteiger partial charge in [0.1, 0.15) is 13.2 Å². The fourth-order valence-electron chi connectivity index (χ4n) is 3.92. The predicted molar refractivity (Wildman–Crippen MR) is 120 cm³/mol. The average molecular weight is 431 g/mol. The second-order valence-corrected chi connectivity index (χ2v) is 7.83. The molecule has 0 bridgehead atoms. The van der Waals surface area contributed by atoms with E-state index in [4.69, 9.17) is 18.9 Å². The van der Waals surface area contributed by atoms with Crippen molar-refractivity contribution in [2.75, 3.05) is 26.4 Å². The van der Waals surface area contributed by atoms with E-state index in [1.165, 1.54) is 0 Å². The Bertz CT molecular complexity index is 1100. The van der Waals surface area contributed by atoms with Crippen LogP contribution in [0.5, 0.6) is 23.0 Å². The summed E-state index contributed by atoms with van der Waals surface area (Å²) in [5.74, 6) is 2.54.